The molecular weight excluding hydrogens is 379 g/mol. The van der Waals surface area contributed by atoms with Gasteiger partial charge in [0.25, 0.3) is 0 Å². The third-order valence-corrected chi connectivity index (χ3v) is 7.10. The summed E-state index contributed by atoms with van der Waals surface area (Å²) in [5.74, 6) is 0.348. The van der Waals surface area contributed by atoms with Crippen LogP contribution in [-0.4, -0.2) is 49.6 Å². The third kappa shape index (κ3) is 3.43. The van der Waals surface area contributed by atoms with Crippen molar-refractivity contribution >= 4 is 23.0 Å². The largest absolute Gasteiger partial charge is 0.373 e. The van der Waals surface area contributed by atoms with Gasteiger partial charge in [-0.25, -0.2) is 4.39 Å². The van der Waals surface area contributed by atoms with Gasteiger partial charge < -0.3 is 20.4 Å². The Morgan fingerprint density at radius 2 is 2.07 bits per heavy atom. The minimum Gasteiger partial charge on any atom is -0.373 e. The highest BCUT2D eigenvalue weighted by Crippen LogP contribution is 2.34. The molecule has 2 aromatic rings. The number of benzene rings is 2. The van der Waals surface area contributed by atoms with Gasteiger partial charge in [0.2, 0.25) is 5.91 Å². The maximum atomic E-state index is 14.1. The highest BCUT2D eigenvalue weighted by atomic mass is 19.1. The van der Waals surface area contributed by atoms with Crippen LogP contribution in [0.5, 0.6) is 0 Å². The standard InChI is InChI=1S/C24H29FN4O/c1-15-6-7-20(25)19-13-21(27-23(15)19)24(30)26-17-4-3-5-18(12-17)29-11-9-22-16(14-29)8-10-28(22)2/h3-7,12,16,21-22,27H,8-11,13-14H2,1-2H3,(H,26,30). The Hall–Kier alpha value is -2.60. The fourth-order valence-electron chi connectivity index (χ4n) is 5.39. The second-order valence-corrected chi connectivity index (χ2v) is 8.99. The van der Waals surface area contributed by atoms with Crippen molar-refractivity contribution in [3.63, 3.8) is 0 Å². The number of likely N-dealkylation sites (tertiary alicyclic amines) is 1. The normalized spacial score (nSPS) is 25.6. The zero-order chi connectivity index (χ0) is 20.8. The van der Waals surface area contributed by atoms with E-state index in [-0.39, 0.29) is 11.7 Å². The summed E-state index contributed by atoms with van der Waals surface area (Å²) in [7, 11) is 2.24. The van der Waals surface area contributed by atoms with Gasteiger partial charge in [0.15, 0.2) is 0 Å². The average Bonchev–Trinajstić information content (AvgIpc) is 3.36. The minimum absolute atomic E-state index is 0.127. The van der Waals surface area contributed by atoms with Gasteiger partial charge in [-0.2, -0.15) is 0 Å². The second kappa shape index (κ2) is 7.58. The minimum atomic E-state index is -0.455. The topological polar surface area (TPSA) is 47.6 Å². The monoisotopic (exact) mass is 408 g/mol. The Morgan fingerprint density at radius 3 is 2.90 bits per heavy atom. The highest BCUT2D eigenvalue weighted by Gasteiger charge is 2.36. The molecule has 0 radical (unpaired) electrons. The van der Waals surface area contributed by atoms with E-state index in [0.717, 1.165) is 41.6 Å². The SMILES string of the molecule is Cc1ccc(F)c2c1NC(C(=O)Nc1cccc(N3CCC4C(CCN4C)C3)c1)C2. The maximum absolute atomic E-state index is 14.1. The first-order valence-corrected chi connectivity index (χ1v) is 10.9. The zero-order valence-corrected chi connectivity index (χ0v) is 17.6. The van der Waals surface area contributed by atoms with Crippen LogP contribution in [0.1, 0.15) is 24.0 Å². The van der Waals surface area contributed by atoms with Gasteiger partial charge in [-0.05, 0) is 69.1 Å². The van der Waals surface area contributed by atoms with Crippen LogP contribution in [0.4, 0.5) is 21.5 Å². The molecule has 5 nitrogen and oxygen atoms in total. The van der Waals surface area contributed by atoms with Crippen molar-refractivity contribution < 1.29 is 9.18 Å². The molecule has 2 aromatic carbocycles. The Bertz CT molecular complexity index is 947. The number of rotatable bonds is 3. The molecule has 1 amide bonds. The number of hydrogen-bond acceptors (Lipinski definition) is 4. The molecule has 0 aromatic heterocycles. The molecular formula is C24H29FN4O. The lowest BCUT2D eigenvalue weighted by Crippen LogP contribution is -2.45. The molecule has 3 atom stereocenters. The van der Waals surface area contributed by atoms with E-state index in [1.807, 2.05) is 19.1 Å². The Morgan fingerprint density at radius 1 is 1.20 bits per heavy atom. The van der Waals surface area contributed by atoms with Crippen molar-refractivity contribution in [1.82, 2.24) is 4.90 Å². The molecule has 0 bridgehead atoms. The van der Waals surface area contributed by atoms with E-state index in [4.69, 9.17) is 0 Å². The molecule has 3 heterocycles. The van der Waals surface area contributed by atoms with Crippen molar-refractivity contribution in [2.24, 2.45) is 5.92 Å². The number of nitrogens with one attached hydrogen (secondary N) is 2. The number of halogens is 1. The molecule has 0 saturated carbocycles. The van der Waals surface area contributed by atoms with Gasteiger partial charge in [-0.3, -0.25) is 4.79 Å². The number of aryl methyl sites for hydroxylation is 1. The van der Waals surface area contributed by atoms with Crippen LogP contribution in [0.25, 0.3) is 0 Å². The fraction of sp³-hybridized carbons (Fsp3) is 0.458. The molecule has 5 rings (SSSR count). The third-order valence-electron chi connectivity index (χ3n) is 7.10. The number of carbonyl (C=O) groups is 1. The first-order chi connectivity index (χ1) is 14.5. The summed E-state index contributed by atoms with van der Waals surface area (Å²) in [4.78, 5) is 17.8. The van der Waals surface area contributed by atoms with Gasteiger partial charge >= 0.3 is 0 Å². The highest BCUT2D eigenvalue weighted by molar-refractivity contribution is 5.98. The molecule has 3 aliphatic heterocycles. The quantitative estimate of drug-likeness (QED) is 0.814. The predicted octanol–water partition coefficient (Wildman–Crippen LogP) is 3.64. The first kappa shape index (κ1) is 19.4. The van der Waals surface area contributed by atoms with Gasteiger partial charge in [0.05, 0.1) is 0 Å². The number of anilines is 3. The van der Waals surface area contributed by atoms with Crippen LogP contribution in [0.2, 0.25) is 0 Å². The van der Waals surface area contributed by atoms with E-state index in [2.05, 4.69) is 39.6 Å². The Kier molecular flexibility index (Phi) is 4.89. The maximum Gasteiger partial charge on any atom is 0.247 e. The molecule has 3 unspecified atom stereocenters. The molecule has 30 heavy (non-hydrogen) atoms. The lowest BCUT2D eigenvalue weighted by atomic mass is 9.92. The van der Waals surface area contributed by atoms with E-state index < -0.39 is 6.04 Å². The van der Waals surface area contributed by atoms with Crippen molar-refractivity contribution in [3.8, 4) is 0 Å². The van der Waals surface area contributed by atoms with Crippen LogP contribution in [0.15, 0.2) is 36.4 Å². The summed E-state index contributed by atoms with van der Waals surface area (Å²) in [6.07, 6.45) is 2.82. The van der Waals surface area contributed by atoms with Gasteiger partial charge in [0.1, 0.15) is 11.9 Å². The second-order valence-electron chi connectivity index (χ2n) is 8.99. The van der Waals surface area contributed by atoms with Crippen LogP contribution >= 0.6 is 0 Å². The molecule has 158 valence electrons. The number of piperidine rings is 1. The lowest BCUT2D eigenvalue weighted by molar-refractivity contribution is -0.116. The average molecular weight is 409 g/mol. The molecule has 3 aliphatic rings. The zero-order valence-electron chi connectivity index (χ0n) is 17.6. The molecule has 0 aliphatic carbocycles. The fourth-order valence-corrected chi connectivity index (χ4v) is 5.39. The van der Waals surface area contributed by atoms with E-state index in [1.165, 1.54) is 25.5 Å². The van der Waals surface area contributed by atoms with Crippen LogP contribution in [0.3, 0.4) is 0 Å². The first-order valence-electron chi connectivity index (χ1n) is 10.9. The van der Waals surface area contributed by atoms with Crippen molar-refractivity contribution in [2.45, 2.75) is 38.3 Å². The van der Waals surface area contributed by atoms with Crippen LogP contribution in [0, 0.1) is 18.7 Å². The number of hydrogen-bond donors (Lipinski definition) is 2. The summed E-state index contributed by atoms with van der Waals surface area (Å²) in [6, 6.07) is 11.6. The van der Waals surface area contributed by atoms with Crippen molar-refractivity contribution in [2.75, 3.05) is 42.2 Å². The van der Waals surface area contributed by atoms with E-state index in [9.17, 15) is 9.18 Å². The summed E-state index contributed by atoms with van der Waals surface area (Å²) in [5.41, 5.74) is 4.27. The number of fused-ring (bicyclic) bond motifs is 2. The Labute approximate surface area is 177 Å². The van der Waals surface area contributed by atoms with Crippen molar-refractivity contribution in [3.05, 3.63) is 53.3 Å². The summed E-state index contributed by atoms with van der Waals surface area (Å²) in [6.45, 7) is 5.24. The van der Waals surface area contributed by atoms with E-state index in [1.54, 1.807) is 6.07 Å². The number of nitrogens with zero attached hydrogens (tertiary/aromatic N) is 2. The van der Waals surface area contributed by atoms with E-state index >= 15 is 0 Å². The molecule has 2 fully saturated rings. The summed E-state index contributed by atoms with van der Waals surface area (Å²) >= 11 is 0. The summed E-state index contributed by atoms with van der Waals surface area (Å²) in [5, 5.41) is 6.24. The molecule has 0 spiro atoms. The van der Waals surface area contributed by atoms with Gasteiger partial charge in [-0.1, -0.05) is 12.1 Å². The van der Waals surface area contributed by atoms with E-state index in [0.29, 0.717) is 18.0 Å². The molecule has 6 heteroatoms. The van der Waals surface area contributed by atoms with Crippen molar-refractivity contribution in [1.29, 1.82) is 0 Å². The molecule has 2 N–H and O–H groups in total. The number of carbonyl (C=O) groups excluding carboxylic acids is 1. The number of amides is 1. The molecule has 2 saturated heterocycles. The van der Waals surface area contributed by atoms with Gasteiger partial charge in [0, 0.05) is 48.2 Å². The van der Waals surface area contributed by atoms with Crippen LogP contribution in [-0.2, 0) is 11.2 Å². The van der Waals surface area contributed by atoms with Crippen LogP contribution < -0.4 is 15.5 Å². The van der Waals surface area contributed by atoms with Gasteiger partial charge in [-0.15, -0.1) is 0 Å². The predicted molar refractivity (Wildman–Crippen MR) is 119 cm³/mol. The lowest BCUT2D eigenvalue weighted by Gasteiger charge is -2.38. The smallest absolute Gasteiger partial charge is 0.247 e. The summed E-state index contributed by atoms with van der Waals surface area (Å²) < 4.78 is 14.1. The Balaban J connectivity index is 1.26.